The second-order valence-corrected chi connectivity index (χ2v) is 6.57. The number of aromatic nitrogens is 2. The lowest BCUT2D eigenvalue weighted by Crippen LogP contribution is -2.29. The van der Waals surface area contributed by atoms with E-state index in [0.717, 1.165) is 17.7 Å². The molecule has 152 valence electrons. The maximum absolute atomic E-state index is 12.8. The Labute approximate surface area is 164 Å². The first-order valence-corrected chi connectivity index (χ1v) is 8.70. The summed E-state index contributed by atoms with van der Waals surface area (Å²) in [6.45, 7) is 3.45. The summed E-state index contributed by atoms with van der Waals surface area (Å²) >= 11 is 0. The van der Waals surface area contributed by atoms with Gasteiger partial charge in [0.1, 0.15) is 0 Å². The highest BCUT2D eigenvalue weighted by molar-refractivity contribution is 5.68. The smallest absolute Gasteiger partial charge is 0.416 e. The van der Waals surface area contributed by atoms with Crippen LogP contribution in [-0.4, -0.2) is 21.4 Å². The van der Waals surface area contributed by atoms with Crippen LogP contribution in [0, 0.1) is 13.8 Å². The zero-order valence-corrected chi connectivity index (χ0v) is 15.6. The molecular formula is C20H18F3N3O3. The monoisotopic (exact) mass is 405 g/mol. The highest BCUT2D eigenvalue weighted by Crippen LogP contribution is 2.32. The highest BCUT2D eigenvalue weighted by Gasteiger charge is 2.30. The third-order valence-electron chi connectivity index (χ3n) is 4.44. The molecule has 2 aromatic carbocycles. The zero-order chi connectivity index (χ0) is 21.2. The molecule has 0 radical (unpaired) electrons. The Bertz CT molecular complexity index is 1010. The van der Waals surface area contributed by atoms with E-state index < -0.39 is 23.9 Å². The summed E-state index contributed by atoms with van der Waals surface area (Å²) in [5, 5.41) is 19.3. The number of hydrogen-bond acceptors (Lipinski definition) is 4. The molecule has 0 fully saturated rings. The molecule has 6 nitrogen and oxygen atoms in total. The third-order valence-corrected chi connectivity index (χ3v) is 4.44. The van der Waals surface area contributed by atoms with Crippen molar-refractivity contribution in [1.29, 1.82) is 0 Å². The summed E-state index contributed by atoms with van der Waals surface area (Å²) in [6, 6.07) is 9.46. The predicted molar refractivity (Wildman–Crippen MR) is 98.3 cm³/mol. The summed E-state index contributed by atoms with van der Waals surface area (Å²) in [4.78, 5) is 11.3. The van der Waals surface area contributed by atoms with Gasteiger partial charge in [0.25, 0.3) is 0 Å². The summed E-state index contributed by atoms with van der Waals surface area (Å²) in [5.41, 5.74) is 2.00. The van der Waals surface area contributed by atoms with Crippen molar-refractivity contribution in [3.63, 3.8) is 0 Å². The fourth-order valence-corrected chi connectivity index (χ4v) is 3.03. The lowest BCUT2D eigenvalue weighted by molar-refractivity contribution is -0.137. The van der Waals surface area contributed by atoms with Crippen molar-refractivity contribution in [2.45, 2.75) is 32.5 Å². The highest BCUT2D eigenvalue weighted by atomic mass is 19.4. The van der Waals surface area contributed by atoms with Gasteiger partial charge in [-0.2, -0.15) is 13.2 Å². The van der Waals surface area contributed by atoms with Gasteiger partial charge in [-0.1, -0.05) is 24.3 Å². The number of rotatable bonds is 5. The predicted octanol–water partition coefficient (Wildman–Crippen LogP) is 4.92. The van der Waals surface area contributed by atoms with Gasteiger partial charge in [-0.3, -0.25) is 0 Å². The minimum atomic E-state index is -4.41. The first-order valence-electron chi connectivity index (χ1n) is 8.70. The van der Waals surface area contributed by atoms with Crippen molar-refractivity contribution in [3.8, 4) is 11.1 Å². The largest absolute Gasteiger partial charge is 0.465 e. The molecule has 1 heterocycles. The average Bonchev–Trinajstić information content (AvgIpc) is 3.05. The number of alkyl halides is 3. The van der Waals surface area contributed by atoms with Crippen LogP contribution in [-0.2, 0) is 12.6 Å². The first kappa shape index (κ1) is 20.4. The molecule has 0 aliphatic rings. The molecule has 0 saturated carbocycles. The maximum atomic E-state index is 12.8. The molecule has 1 atom stereocenters. The second-order valence-electron chi connectivity index (χ2n) is 6.57. The molecule has 3 aromatic rings. The van der Waals surface area contributed by atoms with Crippen LogP contribution in [0.1, 0.15) is 34.5 Å². The Morgan fingerprint density at radius 2 is 1.76 bits per heavy atom. The van der Waals surface area contributed by atoms with Gasteiger partial charge in [0.15, 0.2) is 0 Å². The lowest BCUT2D eigenvalue weighted by atomic mass is 9.93. The minimum Gasteiger partial charge on any atom is -0.465 e. The van der Waals surface area contributed by atoms with Gasteiger partial charge < -0.3 is 14.8 Å². The van der Waals surface area contributed by atoms with Gasteiger partial charge in [0.2, 0.25) is 11.8 Å². The molecule has 9 heteroatoms. The van der Waals surface area contributed by atoms with E-state index in [0.29, 0.717) is 22.6 Å². The number of halogens is 3. The van der Waals surface area contributed by atoms with Crippen molar-refractivity contribution in [3.05, 3.63) is 70.9 Å². The van der Waals surface area contributed by atoms with Gasteiger partial charge in [0.05, 0.1) is 18.0 Å². The summed E-state index contributed by atoms with van der Waals surface area (Å²) in [7, 11) is 0. The Morgan fingerprint density at radius 3 is 2.31 bits per heavy atom. The van der Waals surface area contributed by atoms with Crippen LogP contribution in [0.4, 0.5) is 18.0 Å². The van der Waals surface area contributed by atoms with Crippen LogP contribution in [0.15, 0.2) is 46.9 Å². The molecule has 0 aliphatic heterocycles. The third kappa shape index (κ3) is 4.92. The van der Waals surface area contributed by atoms with E-state index in [9.17, 15) is 23.1 Å². The van der Waals surface area contributed by atoms with Gasteiger partial charge in [-0.15, -0.1) is 10.2 Å². The standard InChI is InChI=1S/C20H18F3N3O3/c1-11-3-4-14(13-5-7-15(8-6-13)20(21,22)23)9-16(11)17(24-19(27)28)10-18-26-25-12(2)29-18/h3-9,17,24H,10H2,1-2H3,(H,27,28). The topological polar surface area (TPSA) is 88.2 Å². The number of benzene rings is 2. The number of carbonyl (C=O) groups is 1. The number of aryl methyl sites for hydroxylation is 2. The molecule has 0 saturated heterocycles. The Balaban J connectivity index is 1.95. The van der Waals surface area contributed by atoms with Crippen LogP contribution in [0.5, 0.6) is 0 Å². The quantitative estimate of drug-likeness (QED) is 0.629. The Hall–Kier alpha value is -3.36. The van der Waals surface area contributed by atoms with Gasteiger partial charge in [0, 0.05) is 6.92 Å². The number of hydrogen-bond donors (Lipinski definition) is 2. The fraction of sp³-hybridized carbons (Fsp3) is 0.250. The van der Waals surface area contributed by atoms with Crippen molar-refractivity contribution in [2.75, 3.05) is 0 Å². The molecule has 1 amide bonds. The number of nitrogens with zero attached hydrogens (tertiary/aromatic N) is 2. The molecule has 2 N–H and O–H groups in total. The van der Waals surface area contributed by atoms with E-state index in [1.54, 1.807) is 25.1 Å². The number of carboxylic acid groups (broad SMARTS) is 1. The van der Waals surface area contributed by atoms with E-state index in [-0.39, 0.29) is 12.3 Å². The van der Waals surface area contributed by atoms with Crippen LogP contribution in [0.3, 0.4) is 0 Å². The normalized spacial score (nSPS) is 12.6. The van der Waals surface area contributed by atoms with E-state index >= 15 is 0 Å². The van der Waals surface area contributed by atoms with Gasteiger partial charge in [-0.05, 0) is 47.4 Å². The molecule has 1 unspecified atom stereocenters. The van der Waals surface area contributed by atoms with Crippen molar-refractivity contribution in [2.24, 2.45) is 0 Å². The molecule has 29 heavy (non-hydrogen) atoms. The van der Waals surface area contributed by atoms with Crippen LogP contribution < -0.4 is 5.32 Å². The van der Waals surface area contributed by atoms with Crippen molar-refractivity contribution >= 4 is 6.09 Å². The molecule has 0 bridgehead atoms. The molecule has 0 spiro atoms. The summed E-state index contributed by atoms with van der Waals surface area (Å²) < 4.78 is 43.7. The van der Waals surface area contributed by atoms with Gasteiger partial charge >= 0.3 is 12.3 Å². The average molecular weight is 405 g/mol. The second kappa shape index (κ2) is 7.94. The Kier molecular flexibility index (Phi) is 5.58. The Morgan fingerprint density at radius 1 is 1.10 bits per heavy atom. The lowest BCUT2D eigenvalue weighted by Gasteiger charge is -2.19. The number of amides is 1. The van der Waals surface area contributed by atoms with Gasteiger partial charge in [-0.25, -0.2) is 4.79 Å². The summed E-state index contributed by atoms with van der Waals surface area (Å²) in [5.74, 6) is 0.643. The molecule has 0 aliphatic carbocycles. The van der Waals surface area contributed by atoms with Crippen LogP contribution in [0.25, 0.3) is 11.1 Å². The van der Waals surface area contributed by atoms with Crippen molar-refractivity contribution in [1.82, 2.24) is 15.5 Å². The van der Waals surface area contributed by atoms with E-state index in [1.165, 1.54) is 12.1 Å². The SMILES string of the molecule is Cc1nnc(CC(NC(=O)O)c2cc(-c3ccc(C(F)(F)F)cc3)ccc2C)o1. The van der Waals surface area contributed by atoms with E-state index in [4.69, 9.17) is 4.42 Å². The van der Waals surface area contributed by atoms with E-state index in [1.807, 2.05) is 6.92 Å². The molecule has 3 rings (SSSR count). The first-order chi connectivity index (χ1) is 13.6. The van der Waals surface area contributed by atoms with Crippen molar-refractivity contribution < 1.29 is 27.5 Å². The van der Waals surface area contributed by atoms with E-state index in [2.05, 4.69) is 15.5 Å². The maximum Gasteiger partial charge on any atom is 0.416 e. The zero-order valence-electron chi connectivity index (χ0n) is 15.6. The number of nitrogens with one attached hydrogen (secondary N) is 1. The fourth-order valence-electron chi connectivity index (χ4n) is 3.03. The van der Waals surface area contributed by atoms with Crippen LogP contribution >= 0.6 is 0 Å². The molecule has 1 aromatic heterocycles. The summed E-state index contributed by atoms with van der Waals surface area (Å²) in [6.07, 6.45) is -5.48. The molecular weight excluding hydrogens is 387 g/mol. The minimum absolute atomic E-state index is 0.143. The van der Waals surface area contributed by atoms with Crippen LogP contribution in [0.2, 0.25) is 0 Å².